The van der Waals surface area contributed by atoms with Gasteiger partial charge in [-0.2, -0.15) is 0 Å². The number of amides is 1. The second-order valence-electron chi connectivity index (χ2n) is 4.83. The summed E-state index contributed by atoms with van der Waals surface area (Å²) in [6.07, 6.45) is 4.02. The summed E-state index contributed by atoms with van der Waals surface area (Å²) in [5.41, 5.74) is 0.223. The lowest BCUT2D eigenvalue weighted by atomic mass is 9.82. The Morgan fingerprint density at radius 3 is 2.33 bits per heavy atom. The lowest BCUT2D eigenvalue weighted by molar-refractivity contribution is -0.313. The maximum absolute atomic E-state index is 12.2. The van der Waals surface area contributed by atoms with Crippen LogP contribution < -0.4 is 15.5 Å². The molecule has 1 aliphatic carbocycles. The largest absolute Gasteiger partial charge is 0.550 e. The number of carbonyl (C=O) groups is 3. The minimum Gasteiger partial charge on any atom is -0.550 e. The average molecular weight is 287 g/mol. The molecule has 6 nitrogen and oxygen atoms in total. The topological polar surface area (TPSA) is 109 Å². The van der Waals surface area contributed by atoms with Crippen LogP contribution in [-0.4, -0.2) is 17.8 Å². The highest BCUT2D eigenvalue weighted by Crippen LogP contribution is 2.26. The Labute approximate surface area is 121 Å². The normalized spacial score (nSPS) is 20.8. The summed E-state index contributed by atoms with van der Waals surface area (Å²) in [5.74, 6) is -4.68. The van der Waals surface area contributed by atoms with E-state index in [0.717, 1.165) is 0 Å². The summed E-state index contributed by atoms with van der Waals surface area (Å²) in [6, 6.07) is 5.60. The van der Waals surface area contributed by atoms with Crippen molar-refractivity contribution in [3.8, 4) is 0 Å². The van der Waals surface area contributed by atoms with Crippen molar-refractivity contribution in [2.24, 2.45) is 11.8 Å². The number of hydrogen-bond donors (Lipinski definition) is 1. The number of carboxylic acid groups (broad SMARTS) is 2. The fourth-order valence-corrected chi connectivity index (χ4v) is 2.32. The van der Waals surface area contributed by atoms with Gasteiger partial charge in [0.05, 0.1) is 11.9 Å². The van der Waals surface area contributed by atoms with Crippen molar-refractivity contribution >= 4 is 23.5 Å². The van der Waals surface area contributed by atoms with Gasteiger partial charge >= 0.3 is 0 Å². The van der Waals surface area contributed by atoms with Crippen molar-refractivity contribution in [2.45, 2.75) is 12.8 Å². The van der Waals surface area contributed by atoms with Gasteiger partial charge in [-0.3, -0.25) is 4.79 Å². The molecule has 0 bridgehead atoms. The summed E-state index contributed by atoms with van der Waals surface area (Å²) in [7, 11) is 0. The van der Waals surface area contributed by atoms with Gasteiger partial charge in [-0.05, 0) is 30.5 Å². The molecule has 1 aromatic rings. The third-order valence-electron chi connectivity index (χ3n) is 3.44. The van der Waals surface area contributed by atoms with E-state index in [-0.39, 0.29) is 17.7 Å². The lowest BCUT2D eigenvalue weighted by Crippen LogP contribution is -2.41. The number of aliphatic carboxylic acids is 1. The molecule has 0 saturated heterocycles. The Kier molecular flexibility index (Phi) is 4.37. The standard InChI is InChI=1S/C15H15NO5/c17-13(11-6-1-2-7-12(11)15(20)21)16-10-5-3-4-9(8-10)14(18)19/h1-5,8,11-12H,6-7H2,(H,16,17)(H,18,19)(H,20,21)/p-2/t11-,12+/m1/s1. The molecular weight excluding hydrogens is 274 g/mol. The SMILES string of the molecule is O=C([O-])c1cccc(NC(=O)[C@@H]2CC=CC[C@@H]2C(=O)[O-])c1. The number of carbonyl (C=O) groups excluding carboxylic acids is 3. The van der Waals surface area contributed by atoms with Gasteiger partial charge in [0.15, 0.2) is 0 Å². The molecule has 1 aromatic carbocycles. The van der Waals surface area contributed by atoms with Crippen LogP contribution in [0.25, 0.3) is 0 Å². The second kappa shape index (κ2) is 6.21. The summed E-state index contributed by atoms with van der Waals surface area (Å²) in [5, 5.41) is 24.4. The molecule has 0 unspecified atom stereocenters. The Bertz CT molecular complexity index is 608. The Morgan fingerprint density at radius 2 is 1.71 bits per heavy atom. The van der Waals surface area contributed by atoms with Gasteiger partial charge in [-0.25, -0.2) is 0 Å². The predicted octanol–water partition coefficient (Wildman–Crippen LogP) is -0.679. The molecule has 1 amide bonds. The van der Waals surface area contributed by atoms with Crippen molar-refractivity contribution in [3.63, 3.8) is 0 Å². The summed E-state index contributed by atoms with van der Waals surface area (Å²) in [4.78, 5) is 34.0. The van der Waals surface area contributed by atoms with E-state index >= 15 is 0 Å². The van der Waals surface area contributed by atoms with Gasteiger partial charge in [0, 0.05) is 17.6 Å². The molecule has 110 valence electrons. The van der Waals surface area contributed by atoms with Gasteiger partial charge in [0.2, 0.25) is 5.91 Å². The maximum Gasteiger partial charge on any atom is 0.228 e. The molecule has 0 spiro atoms. The monoisotopic (exact) mass is 287 g/mol. The van der Waals surface area contributed by atoms with Crippen molar-refractivity contribution in [3.05, 3.63) is 42.0 Å². The van der Waals surface area contributed by atoms with Gasteiger partial charge in [0.25, 0.3) is 0 Å². The molecular formula is C15H13NO5-2. The molecule has 0 heterocycles. The van der Waals surface area contributed by atoms with Gasteiger partial charge in [0.1, 0.15) is 0 Å². The smallest absolute Gasteiger partial charge is 0.228 e. The molecule has 6 heteroatoms. The van der Waals surface area contributed by atoms with E-state index in [1.54, 1.807) is 12.2 Å². The number of carboxylic acids is 2. The molecule has 0 fully saturated rings. The number of aromatic carboxylic acids is 1. The third kappa shape index (κ3) is 3.47. The van der Waals surface area contributed by atoms with Crippen molar-refractivity contribution in [2.75, 3.05) is 5.32 Å². The predicted molar refractivity (Wildman–Crippen MR) is 69.8 cm³/mol. The molecule has 0 saturated carbocycles. The van der Waals surface area contributed by atoms with Crippen LogP contribution in [-0.2, 0) is 9.59 Å². The van der Waals surface area contributed by atoms with E-state index in [1.165, 1.54) is 24.3 Å². The zero-order valence-corrected chi connectivity index (χ0v) is 11.1. The van der Waals surface area contributed by atoms with Crippen LogP contribution in [0.2, 0.25) is 0 Å². The van der Waals surface area contributed by atoms with Crippen molar-refractivity contribution in [1.82, 2.24) is 0 Å². The Balaban J connectivity index is 2.13. The zero-order chi connectivity index (χ0) is 15.4. The van der Waals surface area contributed by atoms with Crippen LogP contribution in [0.5, 0.6) is 0 Å². The molecule has 2 rings (SSSR count). The van der Waals surface area contributed by atoms with Crippen LogP contribution >= 0.6 is 0 Å². The number of hydrogen-bond acceptors (Lipinski definition) is 5. The van der Waals surface area contributed by atoms with E-state index in [0.29, 0.717) is 6.42 Å². The number of anilines is 1. The van der Waals surface area contributed by atoms with E-state index in [9.17, 15) is 24.6 Å². The van der Waals surface area contributed by atoms with E-state index in [4.69, 9.17) is 0 Å². The highest BCUT2D eigenvalue weighted by atomic mass is 16.4. The maximum atomic E-state index is 12.2. The Morgan fingerprint density at radius 1 is 1.05 bits per heavy atom. The molecule has 21 heavy (non-hydrogen) atoms. The first kappa shape index (κ1) is 14.8. The van der Waals surface area contributed by atoms with E-state index in [1.807, 2.05) is 0 Å². The fraction of sp³-hybridized carbons (Fsp3) is 0.267. The number of rotatable bonds is 4. The first-order valence-corrected chi connectivity index (χ1v) is 6.47. The van der Waals surface area contributed by atoms with Crippen LogP contribution in [0.3, 0.4) is 0 Å². The Hall–Kier alpha value is -2.63. The highest BCUT2D eigenvalue weighted by molar-refractivity contribution is 5.96. The minimum absolute atomic E-state index is 0.0622. The van der Waals surface area contributed by atoms with Crippen LogP contribution in [0.4, 0.5) is 5.69 Å². The summed E-state index contributed by atoms with van der Waals surface area (Å²) >= 11 is 0. The highest BCUT2D eigenvalue weighted by Gasteiger charge is 2.29. The van der Waals surface area contributed by atoms with Gasteiger partial charge in [-0.15, -0.1) is 0 Å². The second-order valence-corrected chi connectivity index (χ2v) is 4.83. The van der Waals surface area contributed by atoms with Gasteiger partial charge < -0.3 is 25.1 Å². The van der Waals surface area contributed by atoms with Crippen LogP contribution in [0.15, 0.2) is 36.4 Å². The summed E-state index contributed by atoms with van der Waals surface area (Å²) < 4.78 is 0. The van der Waals surface area contributed by atoms with Crippen LogP contribution in [0.1, 0.15) is 23.2 Å². The molecule has 1 aliphatic rings. The van der Waals surface area contributed by atoms with Crippen molar-refractivity contribution < 1.29 is 24.6 Å². The molecule has 0 aromatic heterocycles. The van der Waals surface area contributed by atoms with E-state index in [2.05, 4.69) is 5.32 Å². The lowest BCUT2D eigenvalue weighted by Gasteiger charge is -2.28. The number of benzene rings is 1. The minimum atomic E-state index is -1.35. The molecule has 0 aliphatic heterocycles. The molecule has 1 N–H and O–H groups in total. The van der Waals surface area contributed by atoms with E-state index < -0.39 is 29.7 Å². The van der Waals surface area contributed by atoms with Gasteiger partial charge in [-0.1, -0.05) is 24.3 Å². The first-order valence-electron chi connectivity index (χ1n) is 6.47. The number of nitrogens with one attached hydrogen (secondary N) is 1. The average Bonchev–Trinajstić information content (AvgIpc) is 2.47. The molecule has 2 atom stereocenters. The fourth-order valence-electron chi connectivity index (χ4n) is 2.32. The van der Waals surface area contributed by atoms with Crippen molar-refractivity contribution in [1.29, 1.82) is 0 Å². The van der Waals surface area contributed by atoms with Crippen LogP contribution in [0, 0.1) is 11.8 Å². The quantitative estimate of drug-likeness (QED) is 0.738. The third-order valence-corrected chi connectivity index (χ3v) is 3.44. The number of allylic oxidation sites excluding steroid dienone is 2. The summed E-state index contributed by atoms with van der Waals surface area (Å²) in [6.45, 7) is 0. The first-order chi connectivity index (χ1) is 9.99. The zero-order valence-electron chi connectivity index (χ0n) is 11.1. The molecule has 0 radical (unpaired) electrons.